The molecule has 7 rings (SSSR count). The molecule has 0 saturated carbocycles. The highest BCUT2D eigenvalue weighted by Gasteiger charge is 2.63. The average Bonchev–Trinajstić information content (AvgIpc) is 3.44. The van der Waals surface area contributed by atoms with Gasteiger partial charge in [0.15, 0.2) is 11.2 Å². The number of rotatable bonds is 3. The number of ether oxygens (including phenoxy) is 4. The van der Waals surface area contributed by atoms with Crippen molar-refractivity contribution in [2.45, 2.75) is 24.5 Å². The van der Waals surface area contributed by atoms with Gasteiger partial charge in [-0.05, 0) is 36.2 Å². The molecule has 0 saturated heterocycles. The van der Waals surface area contributed by atoms with E-state index in [1.807, 2.05) is 48.5 Å². The third-order valence-electron chi connectivity index (χ3n) is 8.06. The van der Waals surface area contributed by atoms with Crippen molar-refractivity contribution in [3.63, 3.8) is 0 Å². The molecule has 0 fully saturated rings. The first-order valence-electron chi connectivity index (χ1n) is 12.6. The van der Waals surface area contributed by atoms with E-state index in [2.05, 4.69) is 13.0 Å². The van der Waals surface area contributed by atoms with E-state index in [-0.39, 0.29) is 0 Å². The molecule has 188 valence electrons. The summed E-state index contributed by atoms with van der Waals surface area (Å²) in [6, 6.07) is 24.5. The van der Waals surface area contributed by atoms with Gasteiger partial charge >= 0.3 is 11.9 Å². The summed E-state index contributed by atoms with van der Waals surface area (Å²) in [6.45, 7) is 2.07. The summed E-state index contributed by atoms with van der Waals surface area (Å²) in [5.41, 5.74) is 3.53. The largest absolute Gasteiger partial charge is 0.496 e. The maximum absolute atomic E-state index is 13.5. The lowest BCUT2D eigenvalue weighted by atomic mass is 9.63. The summed E-state index contributed by atoms with van der Waals surface area (Å²) in [5.74, 6) is 0.231. The van der Waals surface area contributed by atoms with Crippen molar-refractivity contribution < 1.29 is 28.5 Å². The van der Waals surface area contributed by atoms with Crippen LogP contribution in [-0.4, -0.2) is 26.2 Å². The van der Waals surface area contributed by atoms with Crippen LogP contribution < -0.4 is 9.47 Å². The van der Waals surface area contributed by atoms with Gasteiger partial charge in [0, 0.05) is 22.3 Å². The van der Waals surface area contributed by atoms with E-state index in [1.54, 1.807) is 38.5 Å². The van der Waals surface area contributed by atoms with Crippen molar-refractivity contribution in [3.05, 3.63) is 129 Å². The Kier molecular flexibility index (Phi) is 4.59. The fraction of sp³-hybridized carbons (Fsp3) is 0.188. The minimum Gasteiger partial charge on any atom is -0.496 e. The topological polar surface area (TPSA) is 71.1 Å². The van der Waals surface area contributed by atoms with Crippen LogP contribution in [0.2, 0.25) is 0 Å². The van der Waals surface area contributed by atoms with Crippen LogP contribution in [0.3, 0.4) is 0 Å². The first-order valence-corrected chi connectivity index (χ1v) is 12.6. The van der Waals surface area contributed by atoms with Gasteiger partial charge in [0.05, 0.1) is 36.5 Å². The Morgan fingerprint density at radius 2 is 1.13 bits per heavy atom. The number of esters is 2. The number of hydrogen-bond acceptors (Lipinski definition) is 6. The van der Waals surface area contributed by atoms with Crippen molar-refractivity contribution in [3.8, 4) is 11.5 Å². The molecule has 38 heavy (non-hydrogen) atoms. The van der Waals surface area contributed by atoms with Gasteiger partial charge in [0.1, 0.15) is 11.5 Å². The van der Waals surface area contributed by atoms with Gasteiger partial charge in [0.2, 0.25) is 0 Å². The number of fused-ring (bicyclic) bond motifs is 10. The minimum atomic E-state index is -1.29. The maximum atomic E-state index is 13.5. The number of aryl methyl sites for hydroxylation is 1. The molecule has 4 aromatic carbocycles. The van der Waals surface area contributed by atoms with Crippen molar-refractivity contribution in [1.29, 1.82) is 0 Å². The second kappa shape index (κ2) is 7.71. The molecule has 0 aromatic heterocycles. The fourth-order valence-corrected chi connectivity index (χ4v) is 6.51. The van der Waals surface area contributed by atoms with Crippen LogP contribution in [-0.2, 0) is 27.1 Å². The highest BCUT2D eigenvalue weighted by atomic mass is 16.6. The Hall–Kier alpha value is -4.58. The smallest absolute Gasteiger partial charge is 0.340 e. The molecular formula is C32H24O6. The molecule has 6 heteroatoms. The lowest BCUT2D eigenvalue weighted by molar-refractivity contribution is 0.00674. The SMILES string of the molecule is CCc1ccc2c(c1)C1(OC(=O)c3cccc(OC)c31)c1ccccc1C21OC(=O)c2cccc(OC)c21. The third kappa shape index (κ3) is 2.52. The van der Waals surface area contributed by atoms with Crippen LogP contribution in [0, 0.1) is 0 Å². The molecule has 0 bridgehead atoms. The summed E-state index contributed by atoms with van der Waals surface area (Å²) in [5, 5.41) is 0. The quantitative estimate of drug-likeness (QED) is 0.343. The second-order valence-electron chi connectivity index (χ2n) is 9.69. The van der Waals surface area contributed by atoms with Gasteiger partial charge in [-0.3, -0.25) is 0 Å². The molecule has 2 unspecified atom stereocenters. The van der Waals surface area contributed by atoms with Crippen molar-refractivity contribution >= 4 is 11.9 Å². The highest BCUT2D eigenvalue weighted by Crippen LogP contribution is 2.63. The molecule has 6 nitrogen and oxygen atoms in total. The zero-order valence-electron chi connectivity index (χ0n) is 21.2. The van der Waals surface area contributed by atoms with Crippen LogP contribution in [0.15, 0.2) is 78.9 Å². The lowest BCUT2D eigenvalue weighted by Gasteiger charge is -2.45. The zero-order chi connectivity index (χ0) is 26.2. The standard InChI is InChI=1S/C32H24O6/c1-4-18-15-16-23-24(17-18)32(28-20(30(34)38-32)10-8-14-26(28)36-3)22-12-6-5-11-21(22)31(23)27-19(29(33)37-31)9-7-13-25(27)35-2/h5-17H,4H2,1-3H3. The van der Waals surface area contributed by atoms with Crippen LogP contribution in [0.4, 0.5) is 0 Å². The molecule has 0 radical (unpaired) electrons. The van der Waals surface area contributed by atoms with Crippen LogP contribution in [0.25, 0.3) is 0 Å². The number of carbonyl (C=O) groups excluding carboxylic acids is 2. The molecule has 3 aliphatic rings. The van der Waals surface area contributed by atoms with Crippen molar-refractivity contribution in [1.82, 2.24) is 0 Å². The highest BCUT2D eigenvalue weighted by molar-refractivity contribution is 6.00. The predicted octanol–water partition coefficient (Wildman–Crippen LogP) is 5.50. The van der Waals surface area contributed by atoms with Crippen LogP contribution in [0.1, 0.15) is 66.6 Å². The molecule has 2 aliphatic heterocycles. The number of carbonyl (C=O) groups is 2. The van der Waals surface area contributed by atoms with Crippen LogP contribution >= 0.6 is 0 Å². The Morgan fingerprint density at radius 3 is 1.63 bits per heavy atom. The van der Waals surface area contributed by atoms with Gasteiger partial charge in [0.25, 0.3) is 0 Å². The third-order valence-corrected chi connectivity index (χ3v) is 8.06. The van der Waals surface area contributed by atoms with E-state index in [0.29, 0.717) is 44.9 Å². The monoisotopic (exact) mass is 504 g/mol. The first-order chi connectivity index (χ1) is 18.5. The van der Waals surface area contributed by atoms with E-state index in [0.717, 1.165) is 23.1 Å². The van der Waals surface area contributed by atoms with Gasteiger partial charge in [-0.25, -0.2) is 9.59 Å². The number of methoxy groups -OCH3 is 2. The Labute approximate surface area is 219 Å². The van der Waals surface area contributed by atoms with E-state index < -0.39 is 23.1 Å². The van der Waals surface area contributed by atoms with Crippen LogP contribution in [0.5, 0.6) is 11.5 Å². The molecule has 2 spiro atoms. The van der Waals surface area contributed by atoms with Gasteiger partial charge in [-0.15, -0.1) is 0 Å². The number of hydrogen-bond donors (Lipinski definition) is 0. The summed E-state index contributed by atoms with van der Waals surface area (Å²) >= 11 is 0. The van der Waals surface area contributed by atoms with Gasteiger partial charge in [-0.1, -0.05) is 61.5 Å². The lowest BCUT2D eigenvalue weighted by Crippen LogP contribution is -2.45. The summed E-state index contributed by atoms with van der Waals surface area (Å²) in [7, 11) is 3.18. The summed E-state index contributed by atoms with van der Waals surface area (Å²) in [4.78, 5) is 26.9. The van der Waals surface area contributed by atoms with Gasteiger partial charge < -0.3 is 18.9 Å². The number of benzene rings is 4. The Morgan fingerprint density at radius 1 is 0.632 bits per heavy atom. The summed E-state index contributed by atoms with van der Waals surface area (Å²) < 4.78 is 24.5. The zero-order valence-corrected chi connectivity index (χ0v) is 21.2. The molecule has 0 amide bonds. The summed E-state index contributed by atoms with van der Waals surface area (Å²) in [6.07, 6.45) is 0.768. The second-order valence-corrected chi connectivity index (χ2v) is 9.69. The predicted molar refractivity (Wildman–Crippen MR) is 139 cm³/mol. The molecule has 1 aliphatic carbocycles. The van der Waals surface area contributed by atoms with E-state index in [1.165, 1.54) is 0 Å². The van der Waals surface area contributed by atoms with E-state index >= 15 is 0 Å². The normalized spacial score (nSPS) is 21.9. The molecule has 4 aromatic rings. The minimum absolute atomic E-state index is 0.432. The maximum Gasteiger partial charge on any atom is 0.340 e. The molecule has 2 atom stereocenters. The molecule has 0 N–H and O–H groups in total. The van der Waals surface area contributed by atoms with Crippen molar-refractivity contribution in [2.75, 3.05) is 14.2 Å². The van der Waals surface area contributed by atoms with E-state index in [4.69, 9.17) is 18.9 Å². The van der Waals surface area contributed by atoms with Gasteiger partial charge in [-0.2, -0.15) is 0 Å². The Bertz CT molecular complexity index is 1690. The first kappa shape index (κ1) is 22.6. The molecular weight excluding hydrogens is 480 g/mol. The van der Waals surface area contributed by atoms with E-state index in [9.17, 15) is 9.59 Å². The fourth-order valence-electron chi connectivity index (χ4n) is 6.51. The average molecular weight is 505 g/mol. The molecule has 2 heterocycles. The van der Waals surface area contributed by atoms with Crippen molar-refractivity contribution in [2.24, 2.45) is 0 Å². The Balaban J connectivity index is 1.69.